The van der Waals surface area contributed by atoms with Gasteiger partial charge in [-0.15, -0.1) is 11.3 Å². The molecule has 11 rings (SSSR count). The van der Waals surface area contributed by atoms with Gasteiger partial charge in [-0.2, -0.15) is 0 Å². The van der Waals surface area contributed by atoms with Gasteiger partial charge in [0.1, 0.15) is 0 Å². The van der Waals surface area contributed by atoms with Crippen LogP contribution in [0.3, 0.4) is 0 Å². The average molecular weight is 669 g/mol. The fraction of sp³-hybridized carbons (Fsp3) is 0. The first-order valence-electron chi connectivity index (χ1n) is 17.2. The summed E-state index contributed by atoms with van der Waals surface area (Å²) in [6, 6.07) is 58.5. The summed E-state index contributed by atoms with van der Waals surface area (Å²) in [6.07, 6.45) is 1.90. The van der Waals surface area contributed by atoms with Gasteiger partial charge in [0, 0.05) is 59.3 Å². The summed E-state index contributed by atoms with van der Waals surface area (Å²) >= 11 is 1.85. The van der Waals surface area contributed by atoms with Gasteiger partial charge < -0.3 is 9.13 Å². The molecule has 238 valence electrons. The average Bonchev–Trinajstić information content (AvgIpc) is 3.86. The van der Waals surface area contributed by atoms with E-state index in [1.165, 1.54) is 41.8 Å². The Hall–Kier alpha value is -6.56. The monoisotopic (exact) mass is 668 g/mol. The Labute approximate surface area is 297 Å². The molecule has 5 heterocycles. The number of hydrogen-bond donors (Lipinski definition) is 0. The molecule has 0 aliphatic heterocycles. The quantitative estimate of drug-likeness (QED) is 0.187. The molecule has 0 aliphatic carbocycles. The minimum absolute atomic E-state index is 0.944. The van der Waals surface area contributed by atoms with Gasteiger partial charge in [0.15, 0.2) is 0 Å². The summed E-state index contributed by atoms with van der Waals surface area (Å²) in [5.74, 6) is 0. The van der Waals surface area contributed by atoms with Crippen molar-refractivity contribution in [3.8, 4) is 33.9 Å². The van der Waals surface area contributed by atoms with Crippen LogP contribution in [-0.4, -0.2) is 19.1 Å². The summed E-state index contributed by atoms with van der Waals surface area (Å²) in [6.45, 7) is 0. The predicted molar refractivity (Wildman–Crippen MR) is 214 cm³/mol. The summed E-state index contributed by atoms with van der Waals surface area (Å²) in [4.78, 5) is 10.1. The number of aromatic nitrogens is 4. The Kier molecular flexibility index (Phi) is 6.09. The highest BCUT2D eigenvalue weighted by Crippen LogP contribution is 2.43. The van der Waals surface area contributed by atoms with Gasteiger partial charge in [0.25, 0.3) is 0 Å². The number of pyridine rings is 2. The van der Waals surface area contributed by atoms with Crippen LogP contribution in [-0.2, 0) is 0 Å². The highest BCUT2D eigenvalue weighted by molar-refractivity contribution is 7.26. The molecule has 0 unspecified atom stereocenters. The van der Waals surface area contributed by atoms with E-state index in [-0.39, 0.29) is 0 Å². The zero-order chi connectivity index (χ0) is 33.5. The Morgan fingerprint density at radius 1 is 0.431 bits per heavy atom. The molecule has 0 saturated carbocycles. The van der Waals surface area contributed by atoms with Gasteiger partial charge in [-0.3, -0.25) is 4.98 Å². The molecule has 4 nitrogen and oxygen atoms in total. The first-order chi connectivity index (χ1) is 25.3. The second kappa shape index (κ2) is 11.0. The van der Waals surface area contributed by atoms with Crippen LogP contribution < -0.4 is 0 Å². The van der Waals surface area contributed by atoms with Crippen LogP contribution in [0.1, 0.15) is 0 Å². The van der Waals surface area contributed by atoms with Crippen LogP contribution in [0.15, 0.2) is 170 Å². The zero-order valence-electron chi connectivity index (χ0n) is 27.4. The number of rotatable bonds is 4. The number of para-hydroxylation sites is 1. The molecule has 0 radical (unpaired) electrons. The van der Waals surface area contributed by atoms with Gasteiger partial charge in [-0.25, -0.2) is 4.98 Å². The van der Waals surface area contributed by atoms with Crippen LogP contribution in [0, 0.1) is 0 Å². The lowest BCUT2D eigenvalue weighted by Gasteiger charge is -2.14. The van der Waals surface area contributed by atoms with E-state index in [9.17, 15) is 0 Å². The predicted octanol–water partition coefficient (Wildman–Crippen LogP) is 12.4. The summed E-state index contributed by atoms with van der Waals surface area (Å²) in [5, 5.41) is 6.14. The Bertz CT molecular complexity index is 3080. The van der Waals surface area contributed by atoms with E-state index in [0.29, 0.717) is 0 Å². The molecule has 6 aromatic carbocycles. The van der Waals surface area contributed by atoms with Crippen molar-refractivity contribution in [3.05, 3.63) is 170 Å². The number of hydrogen-bond acceptors (Lipinski definition) is 3. The van der Waals surface area contributed by atoms with Gasteiger partial charge in [-0.05, 0) is 66.7 Å². The molecule has 0 amide bonds. The molecule has 5 aromatic heterocycles. The summed E-state index contributed by atoms with van der Waals surface area (Å²) < 4.78 is 7.41. The second-order valence-electron chi connectivity index (χ2n) is 13.0. The molecular weight excluding hydrogens is 641 g/mol. The van der Waals surface area contributed by atoms with E-state index < -0.39 is 0 Å². The lowest BCUT2D eigenvalue weighted by atomic mass is 10.1. The largest absolute Gasteiger partial charge is 0.309 e. The van der Waals surface area contributed by atoms with E-state index in [2.05, 4.69) is 167 Å². The third-order valence-electron chi connectivity index (χ3n) is 10.1. The Morgan fingerprint density at radius 3 is 1.88 bits per heavy atom. The Morgan fingerprint density at radius 2 is 1.10 bits per heavy atom. The van der Waals surface area contributed by atoms with Crippen molar-refractivity contribution in [2.75, 3.05) is 0 Å². The van der Waals surface area contributed by atoms with Crippen LogP contribution >= 0.6 is 11.3 Å². The highest BCUT2D eigenvalue weighted by atomic mass is 32.1. The van der Waals surface area contributed by atoms with Gasteiger partial charge >= 0.3 is 0 Å². The molecule has 0 aliphatic rings. The minimum Gasteiger partial charge on any atom is -0.309 e. The van der Waals surface area contributed by atoms with Crippen molar-refractivity contribution in [2.45, 2.75) is 0 Å². The first-order valence-corrected chi connectivity index (χ1v) is 18.0. The van der Waals surface area contributed by atoms with E-state index >= 15 is 0 Å². The zero-order valence-corrected chi connectivity index (χ0v) is 28.2. The van der Waals surface area contributed by atoms with Gasteiger partial charge in [-0.1, -0.05) is 97.1 Å². The molecule has 0 fully saturated rings. The lowest BCUT2D eigenvalue weighted by molar-refractivity contribution is 1.15. The lowest BCUT2D eigenvalue weighted by Crippen LogP contribution is -1.99. The second-order valence-corrected chi connectivity index (χ2v) is 14.1. The first kappa shape index (κ1) is 28.3. The maximum Gasteiger partial charge on any atom is 0.0963 e. The van der Waals surface area contributed by atoms with Crippen LogP contribution in [0.25, 0.3) is 97.8 Å². The number of nitrogens with zero attached hydrogens (tertiary/aromatic N) is 4. The SMILES string of the molecule is c1ccc(-c2cc(-n3c4ccccc4c4cc(-n5c6cccnc6c6ccc7sc8ccccc8c7c65)ccc43)cc(-c3ccccc3)n2)cc1. The van der Waals surface area contributed by atoms with Gasteiger partial charge in [0.05, 0.1) is 44.7 Å². The van der Waals surface area contributed by atoms with Crippen molar-refractivity contribution in [2.24, 2.45) is 0 Å². The van der Waals surface area contributed by atoms with Crippen LogP contribution in [0.4, 0.5) is 0 Å². The van der Waals surface area contributed by atoms with Crippen molar-refractivity contribution >= 4 is 75.3 Å². The molecule has 11 aromatic rings. The van der Waals surface area contributed by atoms with Crippen molar-refractivity contribution in [3.63, 3.8) is 0 Å². The fourth-order valence-corrected chi connectivity index (χ4v) is 9.04. The standard InChI is InChI=1S/C46H28N4S/c1-3-12-29(13-4-1)37-27-32(28-38(48-37)30-14-5-2-6-15-30)49-39-18-9-7-16-33(39)36-26-31(21-23-40(36)49)50-41-19-11-25-47-45(41)35-22-24-43-44(46(35)50)34-17-8-10-20-42(34)51-43/h1-28H. The van der Waals surface area contributed by atoms with Crippen LogP contribution in [0.5, 0.6) is 0 Å². The van der Waals surface area contributed by atoms with E-state index in [1.807, 2.05) is 23.6 Å². The summed E-state index contributed by atoms with van der Waals surface area (Å²) in [7, 11) is 0. The minimum atomic E-state index is 0.944. The third-order valence-corrected chi connectivity index (χ3v) is 11.3. The molecule has 0 saturated heterocycles. The van der Waals surface area contributed by atoms with Crippen molar-refractivity contribution < 1.29 is 0 Å². The third kappa shape index (κ3) is 4.25. The number of fused-ring (bicyclic) bond motifs is 10. The molecule has 0 atom stereocenters. The maximum absolute atomic E-state index is 5.17. The van der Waals surface area contributed by atoms with Crippen molar-refractivity contribution in [1.29, 1.82) is 0 Å². The molecule has 0 spiro atoms. The molecular formula is C46H28N4S. The van der Waals surface area contributed by atoms with Gasteiger partial charge in [0.2, 0.25) is 0 Å². The Balaban J connectivity index is 1.21. The topological polar surface area (TPSA) is 35.6 Å². The van der Waals surface area contributed by atoms with Crippen LogP contribution in [0.2, 0.25) is 0 Å². The van der Waals surface area contributed by atoms with E-state index in [0.717, 1.165) is 56.0 Å². The molecule has 0 N–H and O–H groups in total. The molecule has 5 heteroatoms. The smallest absolute Gasteiger partial charge is 0.0963 e. The van der Waals surface area contributed by atoms with E-state index in [1.54, 1.807) is 0 Å². The number of thiophene rings is 1. The molecule has 0 bridgehead atoms. The highest BCUT2D eigenvalue weighted by Gasteiger charge is 2.21. The normalized spacial score (nSPS) is 11.9. The maximum atomic E-state index is 5.17. The van der Waals surface area contributed by atoms with Crippen molar-refractivity contribution in [1.82, 2.24) is 19.1 Å². The fourth-order valence-electron chi connectivity index (χ4n) is 7.93. The number of benzene rings is 6. The summed E-state index contributed by atoms with van der Waals surface area (Å²) in [5.41, 5.74) is 11.9. The van der Waals surface area contributed by atoms with E-state index in [4.69, 9.17) is 9.97 Å². The molecule has 51 heavy (non-hydrogen) atoms.